The maximum Gasteiger partial charge on any atom is 0.261 e. The zero-order valence-corrected chi connectivity index (χ0v) is 13.5. The minimum absolute atomic E-state index is 0.0727. The maximum atomic E-state index is 12.5. The number of amides is 1. The number of hydrogen-bond acceptors (Lipinski definition) is 4. The van der Waals surface area contributed by atoms with Crippen molar-refractivity contribution in [2.24, 2.45) is 0 Å². The topological polar surface area (TPSA) is 69.0 Å². The molecule has 4 rings (SSSR count). The lowest BCUT2D eigenvalue weighted by Crippen LogP contribution is -2.46. The van der Waals surface area contributed by atoms with Gasteiger partial charge < -0.3 is 14.6 Å². The molecule has 120 valence electrons. The van der Waals surface area contributed by atoms with Gasteiger partial charge >= 0.3 is 0 Å². The zero-order chi connectivity index (χ0) is 16.0. The first-order valence-electron chi connectivity index (χ1n) is 7.74. The molecule has 0 bridgehead atoms. The van der Waals surface area contributed by atoms with E-state index in [4.69, 9.17) is 16.3 Å². The quantitative estimate of drug-likeness (QED) is 0.908. The van der Waals surface area contributed by atoms with Crippen LogP contribution in [0, 0.1) is 6.92 Å². The van der Waals surface area contributed by atoms with Crippen LogP contribution in [-0.2, 0) is 24.2 Å². The smallest absolute Gasteiger partial charge is 0.261 e. The lowest BCUT2D eigenvalue weighted by atomic mass is 10.1. The Bertz CT molecular complexity index is 773. The van der Waals surface area contributed by atoms with E-state index in [-0.39, 0.29) is 11.9 Å². The van der Waals surface area contributed by atoms with Gasteiger partial charge in [-0.2, -0.15) is 0 Å². The van der Waals surface area contributed by atoms with Gasteiger partial charge in [-0.3, -0.25) is 4.79 Å². The number of aromatic nitrogens is 3. The summed E-state index contributed by atoms with van der Waals surface area (Å²) in [4.78, 5) is 12.5. The highest BCUT2D eigenvalue weighted by Gasteiger charge is 2.31. The summed E-state index contributed by atoms with van der Waals surface area (Å²) in [5.74, 6) is 2.55. The highest BCUT2D eigenvalue weighted by atomic mass is 35.5. The summed E-state index contributed by atoms with van der Waals surface area (Å²) in [5.41, 5.74) is 0.984. The van der Waals surface area contributed by atoms with Gasteiger partial charge in [-0.05, 0) is 37.1 Å². The molecule has 2 aliphatic heterocycles. The van der Waals surface area contributed by atoms with Gasteiger partial charge in [0.2, 0.25) is 0 Å². The molecule has 0 aliphatic carbocycles. The van der Waals surface area contributed by atoms with Crippen molar-refractivity contribution in [1.29, 1.82) is 0 Å². The third kappa shape index (κ3) is 2.67. The SMILES string of the molecule is Cc1nnc2n1C[C@@H](NC(=O)[C@H]1Cc3cc(Cl)ccc3O1)CC2. The van der Waals surface area contributed by atoms with Crippen molar-refractivity contribution >= 4 is 17.5 Å². The first kappa shape index (κ1) is 14.5. The third-order valence-electron chi connectivity index (χ3n) is 4.47. The second kappa shape index (κ2) is 5.53. The number of fused-ring (bicyclic) bond motifs is 2. The van der Waals surface area contributed by atoms with Gasteiger partial charge in [0, 0.05) is 30.5 Å². The average molecular weight is 333 g/mol. The van der Waals surface area contributed by atoms with Crippen molar-refractivity contribution in [3.05, 3.63) is 40.4 Å². The molecule has 0 spiro atoms. The molecular formula is C16H17ClN4O2. The molecule has 2 atom stereocenters. The summed E-state index contributed by atoms with van der Waals surface area (Å²) < 4.78 is 7.81. The molecule has 6 nitrogen and oxygen atoms in total. The van der Waals surface area contributed by atoms with Gasteiger partial charge in [-0.25, -0.2) is 0 Å². The van der Waals surface area contributed by atoms with E-state index in [0.29, 0.717) is 18.0 Å². The number of rotatable bonds is 2. The number of carbonyl (C=O) groups excluding carboxylic acids is 1. The van der Waals surface area contributed by atoms with Crippen LogP contribution in [0.5, 0.6) is 5.75 Å². The second-order valence-corrected chi connectivity index (χ2v) is 6.52. The number of carbonyl (C=O) groups is 1. The molecule has 2 aromatic rings. The Kier molecular flexibility index (Phi) is 3.49. The zero-order valence-electron chi connectivity index (χ0n) is 12.8. The molecule has 0 saturated heterocycles. The summed E-state index contributed by atoms with van der Waals surface area (Å²) in [6.07, 6.45) is 1.78. The molecule has 1 aromatic carbocycles. The number of benzene rings is 1. The molecule has 0 saturated carbocycles. The summed E-state index contributed by atoms with van der Waals surface area (Å²) in [5, 5.41) is 12.0. The second-order valence-electron chi connectivity index (χ2n) is 6.08. The monoisotopic (exact) mass is 332 g/mol. The highest BCUT2D eigenvalue weighted by molar-refractivity contribution is 6.30. The Morgan fingerprint density at radius 1 is 1.43 bits per heavy atom. The molecular weight excluding hydrogens is 316 g/mol. The fourth-order valence-corrected chi connectivity index (χ4v) is 3.43. The first-order chi connectivity index (χ1) is 11.1. The number of hydrogen-bond donors (Lipinski definition) is 1. The Morgan fingerprint density at radius 3 is 3.17 bits per heavy atom. The molecule has 1 N–H and O–H groups in total. The standard InChI is InChI=1S/C16H17ClN4O2/c1-9-19-20-15-5-3-12(8-21(9)15)18-16(22)14-7-10-6-11(17)2-4-13(10)23-14/h2,4,6,12,14H,3,5,7-8H2,1H3,(H,18,22)/t12-,14+/m0/s1. The molecule has 1 amide bonds. The van der Waals surface area contributed by atoms with Crippen molar-refractivity contribution in [3.63, 3.8) is 0 Å². The Morgan fingerprint density at radius 2 is 2.30 bits per heavy atom. The lowest BCUT2D eigenvalue weighted by Gasteiger charge is -2.26. The van der Waals surface area contributed by atoms with E-state index in [1.807, 2.05) is 19.1 Å². The molecule has 2 aliphatic rings. The summed E-state index contributed by atoms with van der Waals surface area (Å²) in [6, 6.07) is 5.54. The summed E-state index contributed by atoms with van der Waals surface area (Å²) in [7, 11) is 0. The number of aryl methyl sites for hydroxylation is 2. The van der Waals surface area contributed by atoms with Gasteiger partial charge in [0.15, 0.2) is 6.10 Å². The van der Waals surface area contributed by atoms with E-state index in [0.717, 1.165) is 35.8 Å². The third-order valence-corrected chi connectivity index (χ3v) is 4.70. The lowest BCUT2D eigenvalue weighted by molar-refractivity contribution is -0.128. The molecule has 0 fully saturated rings. The van der Waals surface area contributed by atoms with E-state index >= 15 is 0 Å². The number of halogens is 1. The van der Waals surface area contributed by atoms with Crippen LogP contribution in [0.2, 0.25) is 5.02 Å². The highest BCUT2D eigenvalue weighted by Crippen LogP contribution is 2.31. The predicted octanol–water partition coefficient (Wildman–Crippen LogP) is 1.67. The fourth-order valence-electron chi connectivity index (χ4n) is 3.24. The van der Waals surface area contributed by atoms with Gasteiger partial charge in [-0.1, -0.05) is 11.6 Å². The molecule has 1 aromatic heterocycles. The van der Waals surface area contributed by atoms with Crippen LogP contribution >= 0.6 is 11.6 Å². The van der Waals surface area contributed by atoms with E-state index in [1.54, 1.807) is 6.07 Å². The van der Waals surface area contributed by atoms with Crippen molar-refractivity contribution in [1.82, 2.24) is 20.1 Å². The van der Waals surface area contributed by atoms with Crippen LogP contribution in [0.1, 0.15) is 23.6 Å². The van der Waals surface area contributed by atoms with Crippen molar-refractivity contribution in [2.75, 3.05) is 0 Å². The van der Waals surface area contributed by atoms with Crippen LogP contribution in [-0.4, -0.2) is 32.8 Å². The van der Waals surface area contributed by atoms with E-state index in [9.17, 15) is 4.79 Å². The van der Waals surface area contributed by atoms with Crippen LogP contribution in [0.25, 0.3) is 0 Å². The Balaban J connectivity index is 1.41. The minimum atomic E-state index is -0.480. The maximum absolute atomic E-state index is 12.5. The largest absolute Gasteiger partial charge is 0.480 e. The fraction of sp³-hybridized carbons (Fsp3) is 0.438. The Labute approximate surface area is 138 Å². The molecule has 23 heavy (non-hydrogen) atoms. The van der Waals surface area contributed by atoms with E-state index < -0.39 is 6.10 Å². The van der Waals surface area contributed by atoms with Crippen LogP contribution in [0.3, 0.4) is 0 Å². The molecule has 0 radical (unpaired) electrons. The van der Waals surface area contributed by atoms with Gasteiger partial charge in [-0.15, -0.1) is 10.2 Å². The van der Waals surface area contributed by atoms with Crippen molar-refractivity contribution < 1.29 is 9.53 Å². The molecule has 7 heteroatoms. The van der Waals surface area contributed by atoms with Crippen LogP contribution in [0.15, 0.2) is 18.2 Å². The number of ether oxygens (including phenoxy) is 1. The number of nitrogens with one attached hydrogen (secondary N) is 1. The predicted molar refractivity (Wildman–Crippen MR) is 84.6 cm³/mol. The molecule has 3 heterocycles. The minimum Gasteiger partial charge on any atom is -0.480 e. The summed E-state index contributed by atoms with van der Waals surface area (Å²) in [6.45, 7) is 2.65. The van der Waals surface area contributed by atoms with Crippen molar-refractivity contribution in [3.8, 4) is 5.75 Å². The van der Waals surface area contributed by atoms with E-state index in [2.05, 4.69) is 20.1 Å². The van der Waals surface area contributed by atoms with Gasteiger partial charge in [0.05, 0.1) is 0 Å². The Hall–Kier alpha value is -2.08. The van der Waals surface area contributed by atoms with Crippen LogP contribution < -0.4 is 10.1 Å². The van der Waals surface area contributed by atoms with Gasteiger partial charge in [0.1, 0.15) is 17.4 Å². The van der Waals surface area contributed by atoms with Crippen molar-refractivity contribution in [2.45, 2.75) is 44.9 Å². The van der Waals surface area contributed by atoms with Gasteiger partial charge in [0.25, 0.3) is 5.91 Å². The molecule has 0 unspecified atom stereocenters. The summed E-state index contributed by atoms with van der Waals surface area (Å²) >= 11 is 5.99. The first-order valence-corrected chi connectivity index (χ1v) is 8.12. The number of nitrogens with zero attached hydrogens (tertiary/aromatic N) is 3. The average Bonchev–Trinajstić information content (AvgIpc) is 3.11. The van der Waals surface area contributed by atoms with E-state index in [1.165, 1.54) is 0 Å². The van der Waals surface area contributed by atoms with Crippen LogP contribution in [0.4, 0.5) is 0 Å². The normalized spacial score (nSPS) is 22.2.